The van der Waals surface area contributed by atoms with Gasteiger partial charge in [-0.05, 0) is 32.1 Å². The summed E-state index contributed by atoms with van der Waals surface area (Å²) in [6.07, 6.45) is 6.74. The molecule has 1 saturated heterocycles. The van der Waals surface area contributed by atoms with Crippen LogP contribution in [0, 0.1) is 0 Å². The number of hydrogen-bond donors (Lipinski definition) is 2. The van der Waals surface area contributed by atoms with Gasteiger partial charge in [0.05, 0.1) is 7.11 Å². The minimum Gasteiger partial charge on any atom is -0.490 e. The van der Waals surface area contributed by atoms with Crippen LogP contribution >= 0.6 is 0 Å². The summed E-state index contributed by atoms with van der Waals surface area (Å²) in [5.74, 6) is 2.35. The van der Waals surface area contributed by atoms with Gasteiger partial charge >= 0.3 is 0 Å². The molecule has 1 fully saturated rings. The molecule has 6 heteroatoms. The van der Waals surface area contributed by atoms with E-state index in [1.807, 2.05) is 0 Å². The molecule has 0 saturated carbocycles. The maximum atomic E-state index is 9.05. The van der Waals surface area contributed by atoms with Crippen molar-refractivity contribution in [1.29, 1.82) is 0 Å². The highest BCUT2D eigenvalue weighted by molar-refractivity contribution is 5.65. The smallest absolute Gasteiger partial charge is 0.204 e. The first kappa shape index (κ1) is 15.8. The number of aliphatic hydroxyl groups excluding tert-OH is 1. The molecule has 1 aliphatic rings. The summed E-state index contributed by atoms with van der Waals surface area (Å²) in [5.41, 5.74) is 0. The summed E-state index contributed by atoms with van der Waals surface area (Å²) in [5, 5.41) is 12.3. The molecule has 1 aromatic rings. The van der Waals surface area contributed by atoms with Crippen molar-refractivity contribution in [2.45, 2.75) is 45.1 Å². The predicted octanol–water partition coefficient (Wildman–Crippen LogP) is 2.05. The Labute approximate surface area is 126 Å². The monoisotopic (exact) mass is 294 g/mol. The number of hydrogen-bond acceptors (Lipinski definition) is 6. The van der Waals surface area contributed by atoms with E-state index in [2.05, 4.69) is 27.1 Å². The fraction of sp³-hybridized carbons (Fsp3) is 0.733. The molecule has 6 nitrogen and oxygen atoms in total. The lowest BCUT2D eigenvalue weighted by atomic mass is 10.1. The highest BCUT2D eigenvalue weighted by Gasteiger charge is 2.28. The van der Waals surface area contributed by atoms with Gasteiger partial charge in [0.2, 0.25) is 5.75 Å². The van der Waals surface area contributed by atoms with Crippen LogP contribution in [0.1, 0.15) is 39.0 Å². The van der Waals surface area contributed by atoms with Crippen molar-refractivity contribution >= 4 is 11.6 Å². The molecule has 118 valence electrons. The van der Waals surface area contributed by atoms with Crippen LogP contribution in [0.15, 0.2) is 6.33 Å². The van der Waals surface area contributed by atoms with Crippen LogP contribution in [0.3, 0.4) is 0 Å². The lowest BCUT2D eigenvalue weighted by molar-refractivity contribution is 0.279. The van der Waals surface area contributed by atoms with Gasteiger partial charge in [0, 0.05) is 25.7 Å². The van der Waals surface area contributed by atoms with Gasteiger partial charge in [0.15, 0.2) is 11.6 Å². The Balaban J connectivity index is 2.21. The van der Waals surface area contributed by atoms with E-state index in [9.17, 15) is 0 Å². The number of methoxy groups -OCH3 is 1. The number of nitrogens with zero attached hydrogens (tertiary/aromatic N) is 3. The number of ether oxygens (including phenoxy) is 1. The molecule has 1 unspecified atom stereocenters. The van der Waals surface area contributed by atoms with E-state index in [4.69, 9.17) is 9.84 Å². The van der Waals surface area contributed by atoms with E-state index in [0.717, 1.165) is 62.6 Å². The fourth-order valence-electron chi connectivity index (χ4n) is 2.87. The first-order chi connectivity index (χ1) is 10.3. The number of anilines is 2. The molecule has 0 radical (unpaired) electrons. The van der Waals surface area contributed by atoms with Crippen LogP contribution in [0.5, 0.6) is 5.75 Å². The normalized spacial score (nSPS) is 18.0. The van der Waals surface area contributed by atoms with Gasteiger partial charge in [-0.3, -0.25) is 0 Å². The van der Waals surface area contributed by atoms with E-state index >= 15 is 0 Å². The molecule has 1 aliphatic heterocycles. The molecular formula is C15H26N4O2. The second-order valence-corrected chi connectivity index (χ2v) is 5.36. The average molecular weight is 294 g/mol. The Hall–Kier alpha value is -1.56. The van der Waals surface area contributed by atoms with Crippen LogP contribution in [0.4, 0.5) is 11.6 Å². The van der Waals surface area contributed by atoms with Crippen molar-refractivity contribution in [1.82, 2.24) is 9.97 Å². The van der Waals surface area contributed by atoms with Gasteiger partial charge in [0.1, 0.15) is 6.33 Å². The van der Waals surface area contributed by atoms with Crippen molar-refractivity contribution < 1.29 is 9.84 Å². The Morgan fingerprint density at radius 1 is 1.48 bits per heavy atom. The summed E-state index contributed by atoms with van der Waals surface area (Å²) in [6, 6.07) is 0.431. The van der Waals surface area contributed by atoms with Gasteiger partial charge < -0.3 is 20.1 Å². The van der Waals surface area contributed by atoms with Gasteiger partial charge in [-0.15, -0.1) is 0 Å². The van der Waals surface area contributed by atoms with E-state index in [-0.39, 0.29) is 6.61 Å². The lowest BCUT2D eigenvalue weighted by Gasteiger charge is -2.27. The quantitative estimate of drug-likeness (QED) is 0.764. The Morgan fingerprint density at radius 2 is 2.33 bits per heavy atom. The van der Waals surface area contributed by atoms with E-state index in [1.165, 1.54) is 0 Å². The molecule has 1 atom stereocenters. The molecular weight excluding hydrogens is 268 g/mol. The van der Waals surface area contributed by atoms with Crippen LogP contribution in [0.25, 0.3) is 0 Å². The number of rotatable bonds is 8. The van der Waals surface area contributed by atoms with Crippen LogP contribution in [-0.4, -0.2) is 47.9 Å². The number of aromatic nitrogens is 2. The summed E-state index contributed by atoms with van der Waals surface area (Å²) in [7, 11) is 1.66. The van der Waals surface area contributed by atoms with E-state index in [1.54, 1.807) is 13.4 Å². The van der Waals surface area contributed by atoms with Crippen molar-refractivity contribution in [3.05, 3.63) is 6.33 Å². The van der Waals surface area contributed by atoms with E-state index in [0.29, 0.717) is 6.04 Å². The Morgan fingerprint density at radius 3 is 3.05 bits per heavy atom. The minimum absolute atomic E-state index is 0.245. The molecule has 2 N–H and O–H groups in total. The summed E-state index contributed by atoms with van der Waals surface area (Å²) >= 11 is 0. The largest absolute Gasteiger partial charge is 0.490 e. The van der Waals surface area contributed by atoms with Gasteiger partial charge in [-0.1, -0.05) is 6.92 Å². The predicted molar refractivity (Wildman–Crippen MR) is 84.1 cm³/mol. The second kappa shape index (κ2) is 8.02. The standard InChI is InChI=1S/C15H26N4O2/c1-3-8-16-14-13(21-2)15(18-11-17-14)19-9-4-6-12(19)7-5-10-20/h11-12,20H,3-10H2,1-2H3,(H,16,17,18). The van der Waals surface area contributed by atoms with Gasteiger partial charge in [-0.25, -0.2) is 9.97 Å². The zero-order valence-corrected chi connectivity index (χ0v) is 13.0. The van der Waals surface area contributed by atoms with Gasteiger partial charge in [-0.2, -0.15) is 0 Å². The molecule has 2 rings (SSSR count). The Kier molecular flexibility index (Phi) is 6.04. The van der Waals surface area contributed by atoms with Crippen LogP contribution in [-0.2, 0) is 0 Å². The van der Waals surface area contributed by atoms with Crippen molar-refractivity contribution in [2.75, 3.05) is 37.0 Å². The third kappa shape index (κ3) is 3.75. The average Bonchev–Trinajstić information content (AvgIpc) is 2.98. The molecule has 2 heterocycles. The first-order valence-electron chi connectivity index (χ1n) is 7.82. The zero-order chi connectivity index (χ0) is 15.1. The van der Waals surface area contributed by atoms with Gasteiger partial charge in [0.25, 0.3) is 0 Å². The number of nitrogens with one attached hydrogen (secondary N) is 1. The molecule has 0 aromatic carbocycles. The first-order valence-corrected chi connectivity index (χ1v) is 7.82. The Bertz CT molecular complexity index is 442. The summed E-state index contributed by atoms with van der Waals surface area (Å²) in [6.45, 7) is 4.21. The third-order valence-corrected chi connectivity index (χ3v) is 3.88. The van der Waals surface area contributed by atoms with Crippen LogP contribution < -0.4 is 15.0 Å². The molecule has 0 aliphatic carbocycles. The molecule has 21 heavy (non-hydrogen) atoms. The minimum atomic E-state index is 0.245. The molecule has 0 amide bonds. The number of aliphatic hydroxyl groups is 1. The maximum absolute atomic E-state index is 9.05. The highest BCUT2D eigenvalue weighted by Crippen LogP contribution is 2.36. The SMILES string of the molecule is CCCNc1ncnc(N2CCCC2CCCO)c1OC. The molecule has 0 spiro atoms. The molecule has 0 bridgehead atoms. The van der Waals surface area contributed by atoms with Crippen molar-refractivity contribution in [3.63, 3.8) is 0 Å². The second-order valence-electron chi connectivity index (χ2n) is 5.36. The maximum Gasteiger partial charge on any atom is 0.204 e. The lowest BCUT2D eigenvalue weighted by Crippen LogP contribution is -2.30. The molecule has 1 aromatic heterocycles. The van der Waals surface area contributed by atoms with E-state index < -0.39 is 0 Å². The summed E-state index contributed by atoms with van der Waals surface area (Å²) in [4.78, 5) is 11.0. The van der Waals surface area contributed by atoms with Crippen LogP contribution in [0.2, 0.25) is 0 Å². The van der Waals surface area contributed by atoms with Crippen molar-refractivity contribution in [2.24, 2.45) is 0 Å². The topological polar surface area (TPSA) is 70.5 Å². The highest BCUT2D eigenvalue weighted by atomic mass is 16.5. The zero-order valence-electron chi connectivity index (χ0n) is 13.0. The fourth-order valence-corrected chi connectivity index (χ4v) is 2.87. The summed E-state index contributed by atoms with van der Waals surface area (Å²) < 4.78 is 5.56. The third-order valence-electron chi connectivity index (χ3n) is 3.88. The van der Waals surface area contributed by atoms with Crippen molar-refractivity contribution in [3.8, 4) is 5.75 Å².